The second kappa shape index (κ2) is 18.0. The summed E-state index contributed by atoms with van der Waals surface area (Å²) in [5.41, 5.74) is 9.26. The zero-order valence-corrected chi connectivity index (χ0v) is 32.2. The maximum atomic E-state index is 13.8. The average Bonchev–Trinajstić information content (AvgIpc) is 3.58. The fourth-order valence-corrected chi connectivity index (χ4v) is 7.82. The molecule has 6 aromatic carbocycles. The number of hydrogen-bond acceptors (Lipinski definition) is 6. The molecule has 288 valence electrons. The van der Waals surface area contributed by atoms with E-state index in [1.165, 1.54) is 12.7 Å². The van der Waals surface area contributed by atoms with Gasteiger partial charge in [0.2, 0.25) is 5.91 Å². The summed E-state index contributed by atoms with van der Waals surface area (Å²) < 4.78 is 10.7. The van der Waals surface area contributed by atoms with E-state index in [1.54, 1.807) is 24.3 Å². The second-order valence-electron chi connectivity index (χ2n) is 14.4. The lowest BCUT2D eigenvalue weighted by Gasteiger charge is -2.37. The van der Waals surface area contributed by atoms with Gasteiger partial charge in [-0.15, -0.1) is 0 Å². The van der Waals surface area contributed by atoms with Crippen molar-refractivity contribution in [1.82, 2.24) is 10.6 Å². The normalized spacial score (nSPS) is 12.5. The number of carbonyl (C=O) groups is 3. The van der Waals surface area contributed by atoms with Crippen molar-refractivity contribution in [3.63, 3.8) is 0 Å². The van der Waals surface area contributed by atoms with Gasteiger partial charge >= 0.3 is 12.1 Å². The molecule has 7 rings (SSSR count). The Morgan fingerprint density at radius 1 is 0.649 bits per heavy atom. The summed E-state index contributed by atoms with van der Waals surface area (Å²) in [7, 11) is 1.32. The Balaban J connectivity index is 1.06. The van der Waals surface area contributed by atoms with Crippen molar-refractivity contribution in [2.24, 2.45) is 0 Å². The van der Waals surface area contributed by atoms with Gasteiger partial charge in [-0.2, -0.15) is 0 Å². The van der Waals surface area contributed by atoms with Crippen LogP contribution in [0, 0.1) is 6.92 Å². The molecule has 8 nitrogen and oxygen atoms in total. The largest absolute Gasteiger partial charge is 0.465 e. The Morgan fingerprint density at radius 3 is 1.77 bits per heavy atom. The number of nitrogens with one attached hydrogen (secondary N) is 3. The van der Waals surface area contributed by atoms with E-state index in [9.17, 15) is 14.4 Å². The van der Waals surface area contributed by atoms with Gasteiger partial charge in [-0.05, 0) is 95.9 Å². The molecule has 0 aliphatic heterocycles. The lowest BCUT2D eigenvalue weighted by Crippen LogP contribution is -2.45. The zero-order chi connectivity index (χ0) is 39.6. The Labute approximate surface area is 334 Å². The Kier molecular flexibility index (Phi) is 12.2. The number of aryl methyl sites for hydroxylation is 1. The Bertz CT molecular complexity index is 2210. The zero-order valence-electron chi connectivity index (χ0n) is 32.2. The number of alkyl carbamates (subject to hydrolysis) is 1. The summed E-state index contributed by atoms with van der Waals surface area (Å²) in [4.78, 5) is 39.3. The molecule has 6 aromatic rings. The predicted octanol–water partition coefficient (Wildman–Crippen LogP) is 9.38. The molecule has 3 N–H and O–H groups in total. The quantitative estimate of drug-likeness (QED) is 0.0548. The van der Waals surface area contributed by atoms with Crippen LogP contribution in [0.4, 0.5) is 10.5 Å². The Morgan fingerprint density at radius 2 is 1.19 bits per heavy atom. The number of anilines is 1. The number of unbranched alkanes of at least 4 members (excludes halogenated alkanes) is 1. The monoisotopic (exact) mass is 757 g/mol. The van der Waals surface area contributed by atoms with Crippen molar-refractivity contribution in [3.05, 3.63) is 197 Å². The van der Waals surface area contributed by atoms with Crippen molar-refractivity contribution >= 4 is 23.7 Å². The van der Waals surface area contributed by atoms with Gasteiger partial charge in [0.05, 0.1) is 18.2 Å². The maximum Gasteiger partial charge on any atom is 0.407 e. The molecule has 0 saturated carbocycles. The van der Waals surface area contributed by atoms with Crippen LogP contribution >= 0.6 is 0 Å². The van der Waals surface area contributed by atoms with Crippen molar-refractivity contribution in [2.75, 3.05) is 25.6 Å². The molecule has 1 aliphatic rings. The van der Waals surface area contributed by atoms with Crippen LogP contribution in [-0.4, -0.2) is 44.3 Å². The van der Waals surface area contributed by atoms with E-state index in [1.807, 2.05) is 36.4 Å². The van der Waals surface area contributed by atoms with Crippen LogP contribution in [0.2, 0.25) is 0 Å². The third kappa shape index (κ3) is 8.67. The molecule has 0 heterocycles. The molecule has 57 heavy (non-hydrogen) atoms. The first kappa shape index (κ1) is 38.8. The molecule has 8 heteroatoms. The van der Waals surface area contributed by atoms with E-state index in [4.69, 9.17) is 9.47 Å². The first-order valence-corrected chi connectivity index (χ1v) is 19.4. The van der Waals surface area contributed by atoms with Crippen molar-refractivity contribution < 1.29 is 23.9 Å². The van der Waals surface area contributed by atoms with Crippen LogP contribution < -0.4 is 16.0 Å². The molecule has 2 amide bonds. The standard InChI is InChI=1S/C49H47N3O5/c1-34-24-28-38(29-25-34)49(36-15-5-3-6-16-36,37-17-7-4-8-18-37)50-32-14-13-23-45(46(53)51-39-30-26-35(27-31-39)47(54)56-2)52-48(55)57-33-44-42-21-11-9-19-40(42)41-20-10-12-22-43(41)44/h3-12,15-22,24-31,44-45,50H,13-14,23,32-33H2,1-2H3,(H,51,53)(H,52,55)/t45-/m0/s1. The first-order valence-electron chi connectivity index (χ1n) is 19.4. The van der Waals surface area contributed by atoms with Gasteiger partial charge in [-0.3, -0.25) is 10.1 Å². The number of carbonyl (C=O) groups excluding carboxylic acids is 3. The second-order valence-corrected chi connectivity index (χ2v) is 14.4. The third-order valence-electron chi connectivity index (χ3n) is 10.7. The molecule has 0 aromatic heterocycles. The number of methoxy groups -OCH3 is 1. The summed E-state index contributed by atoms with van der Waals surface area (Å²) in [5, 5.41) is 9.70. The highest BCUT2D eigenvalue weighted by molar-refractivity contribution is 5.97. The van der Waals surface area contributed by atoms with Crippen LogP contribution in [0.25, 0.3) is 11.1 Å². The van der Waals surface area contributed by atoms with Crippen LogP contribution in [0.1, 0.15) is 68.9 Å². The SMILES string of the molecule is COC(=O)c1ccc(NC(=O)[C@H](CCCCNC(c2ccccc2)(c2ccccc2)c2ccc(C)cc2)NC(=O)OCC2c3ccccc3-c3ccccc32)cc1. The van der Waals surface area contributed by atoms with Crippen molar-refractivity contribution in [3.8, 4) is 11.1 Å². The van der Waals surface area contributed by atoms with Gasteiger partial charge in [-0.1, -0.05) is 139 Å². The third-order valence-corrected chi connectivity index (χ3v) is 10.7. The summed E-state index contributed by atoms with van der Waals surface area (Å²) in [6, 6.07) is 51.4. The highest BCUT2D eigenvalue weighted by Gasteiger charge is 2.36. The highest BCUT2D eigenvalue weighted by Crippen LogP contribution is 2.44. The van der Waals surface area contributed by atoms with Gasteiger partial charge in [0, 0.05) is 11.6 Å². The summed E-state index contributed by atoms with van der Waals surface area (Å²) >= 11 is 0. The molecular weight excluding hydrogens is 711 g/mol. The minimum absolute atomic E-state index is 0.113. The number of fused-ring (bicyclic) bond motifs is 3. The van der Waals surface area contributed by atoms with Gasteiger partial charge in [0.1, 0.15) is 12.6 Å². The molecule has 0 radical (unpaired) electrons. The number of benzene rings is 6. The average molecular weight is 758 g/mol. The molecule has 0 unspecified atom stereocenters. The number of esters is 1. The van der Waals surface area contributed by atoms with Gasteiger partial charge in [0.25, 0.3) is 0 Å². The number of hydrogen-bond donors (Lipinski definition) is 3. The number of rotatable bonds is 15. The minimum atomic E-state index is -0.883. The van der Waals surface area contributed by atoms with E-state index in [0.29, 0.717) is 30.6 Å². The molecule has 0 saturated heterocycles. The first-order chi connectivity index (χ1) is 27.9. The number of ether oxygens (including phenoxy) is 2. The summed E-state index contributed by atoms with van der Waals surface area (Å²) in [6.07, 6.45) is 1.05. The predicted molar refractivity (Wildman–Crippen MR) is 224 cm³/mol. The van der Waals surface area contributed by atoms with Gasteiger partial charge in [0.15, 0.2) is 0 Å². The fraction of sp³-hybridized carbons (Fsp3) is 0.204. The van der Waals surface area contributed by atoms with Crippen LogP contribution in [0.3, 0.4) is 0 Å². The van der Waals surface area contributed by atoms with E-state index in [0.717, 1.165) is 45.4 Å². The molecule has 0 spiro atoms. The topological polar surface area (TPSA) is 106 Å². The van der Waals surface area contributed by atoms with E-state index in [2.05, 4.69) is 120 Å². The van der Waals surface area contributed by atoms with Gasteiger partial charge < -0.3 is 20.1 Å². The van der Waals surface area contributed by atoms with Gasteiger partial charge in [-0.25, -0.2) is 9.59 Å². The molecule has 1 atom stereocenters. The summed E-state index contributed by atoms with van der Waals surface area (Å²) in [5.74, 6) is -0.968. The fourth-order valence-electron chi connectivity index (χ4n) is 7.82. The smallest absolute Gasteiger partial charge is 0.407 e. The lowest BCUT2D eigenvalue weighted by molar-refractivity contribution is -0.118. The van der Waals surface area contributed by atoms with Crippen LogP contribution in [-0.2, 0) is 19.8 Å². The van der Waals surface area contributed by atoms with Crippen LogP contribution in [0.15, 0.2) is 158 Å². The summed E-state index contributed by atoms with van der Waals surface area (Å²) in [6.45, 7) is 2.85. The van der Waals surface area contributed by atoms with Crippen molar-refractivity contribution in [1.29, 1.82) is 0 Å². The molecule has 0 fully saturated rings. The molecule has 1 aliphatic carbocycles. The van der Waals surface area contributed by atoms with E-state index < -0.39 is 23.6 Å². The lowest BCUT2D eigenvalue weighted by atomic mass is 9.76. The number of amides is 2. The maximum absolute atomic E-state index is 13.8. The minimum Gasteiger partial charge on any atom is -0.465 e. The van der Waals surface area contributed by atoms with Crippen molar-refractivity contribution in [2.45, 2.75) is 43.7 Å². The Hall–Kier alpha value is -6.51. The van der Waals surface area contributed by atoms with Crippen LogP contribution in [0.5, 0.6) is 0 Å². The molecular formula is C49H47N3O5. The molecule has 0 bridgehead atoms. The highest BCUT2D eigenvalue weighted by atomic mass is 16.5. The van der Waals surface area contributed by atoms with E-state index in [-0.39, 0.29) is 18.4 Å². The van der Waals surface area contributed by atoms with E-state index >= 15 is 0 Å².